The van der Waals surface area contributed by atoms with Gasteiger partial charge in [-0.05, 0) is 63.5 Å². The number of carbonyl (C=O) groups is 1. The van der Waals surface area contributed by atoms with Crippen LogP contribution in [-0.4, -0.2) is 66.5 Å². The molecule has 2 saturated heterocycles. The molecule has 2 aliphatic rings. The SMILES string of the molecule is Cc1cc(N2CCN(C(=O)CCCN3CCCC3)CC2)nc2ccccc12. The van der Waals surface area contributed by atoms with Crippen molar-refractivity contribution < 1.29 is 4.79 Å². The molecule has 5 nitrogen and oxygen atoms in total. The Morgan fingerprint density at radius 1 is 1.04 bits per heavy atom. The number of rotatable bonds is 5. The van der Waals surface area contributed by atoms with Crippen LogP contribution in [0.25, 0.3) is 10.9 Å². The Morgan fingerprint density at radius 3 is 2.56 bits per heavy atom. The third-order valence-electron chi connectivity index (χ3n) is 5.93. The van der Waals surface area contributed by atoms with Crippen molar-refractivity contribution in [2.45, 2.75) is 32.6 Å². The molecule has 2 aromatic rings. The number of carbonyl (C=O) groups excluding carboxylic acids is 1. The Labute approximate surface area is 162 Å². The van der Waals surface area contributed by atoms with E-state index in [2.05, 4.69) is 41.0 Å². The molecule has 0 bridgehead atoms. The molecule has 0 radical (unpaired) electrons. The Hall–Kier alpha value is -2.14. The van der Waals surface area contributed by atoms with E-state index in [1.54, 1.807) is 0 Å². The maximum absolute atomic E-state index is 12.5. The number of aromatic nitrogens is 1. The average Bonchev–Trinajstić information content (AvgIpc) is 3.21. The predicted octanol–water partition coefficient (Wildman–Crippen LogP) is 3.07. The monoisotopic (exact) mass is 366 g/mol. The maximum atomic E-state index is 12.5. The van der Waals surface area contributed by atoms with Gasteiger partial charge in [0, 0.05) is 38.0 Å². The van der Waals surface area contributed by atoms with Gasteiger partial charge in [0.25, 0.3) is 0 Å². The lowest BCUT2D eigenvalue weighted by atomic mass is 10.1. The quantitative estimate of drug-likeness (QED) is 0.815. The second-order valence-electron chi connectivity index (χ2n) is 7.83. The van der Waals surface area contributed by atoms with Crippen molar-refractivity contribution in [3.63, 3.8) is 0 Å². The van der Waals surface area contributed by atoms with Crippen LogP contribution < -0.4 is 4.90 Å². The molecule has 1 aromatic heterocycles. The van der Waals surface area contributed by atoms with Crippen molar-refractivity contribution >= 4 is 22.6 Å². The Kier molecular flexibility index (Phi) is 5.58. The number of para-hydroxylation sites is 1. The van der Waals surface area contributed by atoms with Crippen molar-refractivity contribution in [3.8, 4) is 0 Å². The zero-order valence-electron chi connectivity index (χ0n) is 16.4. The molecule has 1 amide bonds. The summed E-state index contributed by atoms with van der Waals surface area (Å²) >= 11 is 0. The van der Waals surface area contributed by atoms with E-state index in [4.69, 9.17) is 4.98 Å². The molecule has 0 atom stereocenters. The molecular formula is C22H30N4O. The molecule has 27 heavy (non-hydrogen) atoms. The van der Waals surface area contributed by atoms with E-state index < -0.39 is 0 Å². The smallest absolute Gasteiger partial charge is 0.222 e. The number of hydrogen-bond donors (Lipinski definition) is 0. The first-order valence-corrected chi connectivity index (χ1v) is 10.3. The second-order valence-corrected chi connectivity index (χ2v) is 7.83. The van der Waals surface area contributed by atoms with Crippen molar-refractivity contribution in [1.29, 1.82) is 0 Å². The van der Waals surface area contributed by atoms with Crippen LogP contribution in [0.4, 0.5) is 5.82 Å². The zero-order valence-corrected chi connectivity index (χ0v) is 16.4. The van der Waals surface area contributed by atoms with Gasteiger partial charge in [-0.15, -0.1) is 0 Å². The van der Waals surface area contributed by atoms with Gasteiger partial charge in [0.2, 0.25) is 5.91 Å². The van der Waals surface area contributed by atoms with E-state index in [-0.39, 0.29) is 0 Å². The Bertz CT molecular complexity index is 792. The summed E-state index contributed by atoms with van der Waals surface area (Å²) in [6.45, 7) is 8.98. The first kappa shape index (κ1) is 18.2. The molecule has 0 N–H and O–H groups in total. The van der Waals surface area contributed by atoms with E-state index in [9.17, 15) is 4.79 Å². The van der Waals surface area contributed by atoms with Crippen LogP contribution in [0, 0.1) is 6.92 Å². The molecule has 0 saturated carbocycles. The number of hydrogen-bond acceptors (Lipinski definition) is 4. The lowest BCUT2D eigenvalue weighted by molar-refractivity contribution is -0.131. The van der Waals surface area contributed by atoms with Crippen LogP contribution in [0.3, 0.4) is 0 Å². The minimum Gasteiger partial charge on any atom is -0.353 e. The number of likely N-dealkylation sites (tertiary alicyclic amines) is 1. The number of fused-ring (bicyclic) bond motifs is 1. The molecule has 0 spiro atoms. The van der Waals surface area contributed by atoms with Gasteiger partial charge in [-0.25, -0.2) is 4.98 Å². The number of aryl methyl sites for hydroxylation is 1. The van der Waals surface area contributed by atoms with Crippen LogP contribution in [0.1, 0.15) is 31.2 Å². The third kappa shape index (κ3) is 4.24. The van der Waals surface area contributed by atoms with Crippen LogP contribution in [-0.2, 0) is 4.79 Å². The molecule has 2 fully saturated rings. The minimum absolute atomic E-state index is 0.316. The van der Waals surface area contributed by atoms with E-state index in [1.165, 1.54) is 36.9 Å². The summed E-state index contributed by atoms with van der Waals surface area (Å²) < 4.78 is 0. The van der Waals surface area contributed by atoms with Crippen LogP contribution in [0.2, 0.25) is 0 Å². The highest BCUT2D eigenvalue weighted by molar-refractivity contribution is 5.84. The number of amides is 1. The van der Waals surface area contributed by atoms with E-state index in [0.29, 0.717) is 12.3 Å². The average molecular weight is 367 g/mol. The minimum atomic E-state index is 0.316. The lowest BCUT2D eigenvalue weighted by Crippen LogP contribution is -2.49. The Morgan fingerprint density at radius 2 is 1.78 bits per heavy atom. The van der Waals surface area contributed by atoms with Gasteiger partial charge in [-0.2, -0.15) is 0 Å². The third-order valence-corrected chi connectivity index (χ3v) is 5.93. The molecule has 0 unspecified atom stereocenters. The molecule has 144 valence electrons. The summed E-state index contributed by atoms with van der Waals surface area (Å²) in [6.07, 6.45) is 4.31. The fourth-order valence-corrected chi connectivity index (χ4v) is 4.30. The molecule has 3 heterocycles. The van der Waals surface area contributed by atoms with Gasteiger partial charge >= 0.3 is 0 Å². The number of anilines is 1. The zero-order chi connectivity index (χ0) is 18.6. The summed E-state index contributed by atoms with van der Waals surface area (Å²) in [5, 5.41) is 1.22. The van der Waals surface area contributed by atoms with Gasteiger partial charge in [0.05, 0.1) is 5.52 Å². The molecular weight excluding hydrogens is 336 g/mol. The van der Waals surface area contributed by atoms with Gasteiger partial charge < -0.3 is 14.7 Å². The largest absolute Gasteiger partial charge is 0.353 e. The van der Waals surface area contributed by atoms with E-state index >= 15 is 0 Å². The standard InChI is InChI=1S/C22H30N4O/c1-18-17-21(23-20-8-3-2-7-19(18)20)25-13-15-26(16-14-25)22(27)9-6-12-24-10-4-5-11-24/h2-3,7-8,17H,4-6,9-16H2,1H3. The summed E-state index contributed by atoms with van der Waals surface area (Å²) in [5.41, 5.74) is 2.31. The van der Waals surface area contributed by atoms with Crippen molar-refractivity contribution in [2.24, 2.45) is 0 Å². The summed E-state index contributed by atoms with van der Waals surface area (Å²) in [6, 6.07) is 10.5. The number of pyridine rings is 1. The van der Waals surface area contributed by atoms with Crippen LogP contribution in [0.5, 0.6) is 0 Å². The fourth-order valence-electron chi connectivity index (χ4n) is 4.30. The van der Waals surface area contributed by atoms with Gasteiger partial charge in [-0.1, -0.05) is 18.2 Å². The second kappa shape index (κ2) is 8.26. The number of nitrogens with zero attached hydrogens (tertiary/aromatic N) is 4. The van der Waals surface area contributed by atoms with Crippen LogP contribution >= 0.6 is 0 Å². The number of piperazine rings is 1. The van der Waals surface area contributed by atoms with Gasteiger partial charge in [0.15, 0.2) is 0 Å². The first-order chi connectivity index (χ1) is 13.2. The van der Waals surface area contributed by atoms with Crippen molar-refractivity contribution in [3.05, 3.63) is 35.9 Å². The summed E-state index contributed by atoms with van der Waals surface area (Å²) in [4.78, 5) is 24.2. The lowest BCUT2D eigenvalue weighted by Gasteiger charge is -2.35. The normalized spacial score (nSPS) is 18.4. The summed E-state index contributed by atoms with van der Waals surface area (Å²) in [7, 11) is 0. The highest BCUT2D eigenvalue weighted by Gasteiger charge is 2.22. The van der Waals surface area contributed by atoms with Crippen molar-refractivity contribution in [1.82, 2.24) is 14.8 Å². The van der Waals surface area contributed by atoms with E-state index in [0.717, 1.165) is 50.5 Å². The maximum Gasteiger partial charge on any atom is 0.222 e. The van der Waals surface area contributed by atoms with Crippen molar-refractivity contribution in [2.75, 3.05) is 50.7 Å². The molecule has 4 rings (SSSR count). The van der Waals surface area contributed by atoms with Crippen LogP contribution in [0.15, 0.2) is 30.3 Å². The molecule has 0 aliphatic carbocycles. The Balaban J connectivity index is 1.30. The first-order valence-electron chi connectivity index (χ1n) is 10.3. The molecule has 5 heteroatoms. The topological polar surface area (TPSA) is 39.7 Å². The highest BCUT2D eigenvalue weighted by atomic mass is 16.2. The summed E-state index contributed by atoms with van der Waals surface area (Å²) in [5.74, 6) is 1.35. The highest BCUT2D eigenvalue weighted by Crippen LogP contribution is 2.23. The fraction of sp³-hybridized carbons (Fsp3) is 0.545. The van der Waals surface area contributed by atoms with Gasteiger partial charge in [0.1, 0.15) is 5.82 Å². The van der Waals surface area contributed by atoms with Gasteiger partial charge in [-0.3, -0.25) is 4.79 Å². The van der Waals surface area contributed by atoms with E-state index in [1.807, 2.05) is 11.0 Å². The molecule has 1 aromatic carbocycles. The molecule has 2 aliphatic heterocycles. The number of benzene rings is 1. The predicted molar refractivity (Wildman–Crippen MR) is 110 cm³/mol.